The van der Waals surface area contributed by atoms with Crippen LogP contribution in [0.25, 0.3) is 0 Å². The molecule has 6 heteroatoms. The highest BCUT2D eigenvalue weighted by Crippen LogP contribution is 1.96. The minimum atomic E-state index is -3.56. The molecule has 0 aromatic heterocycles. The van der Waals surface area contributed by atoms with Gasteiger partial charge in [0.05, 0.1) is 5.75 Å². The first-order valence-electron chi connectivity index (χ1n) is 3.62. The van der Waals surface area contributed by atoms with Crippen molar-refractivity contribution < 1.29 is 18.3 Å². The van der Waals surface area contributed by atoms with E-state index in [9.17, 15) is 13.2 Å². The number of hydrogen-bond donors (Lipinski definition) is 2. The minimum absolute atomic E-state index is 0.245. The Balaban J connectivity index is 4.35. The van der Waals surface area contributed by atoms with Gasteiger partial charge in [-0.05, 0) is 13.8 Å². The fourth-order valence-electron chi connectivity index (χ4n) is 0.686. The summed E-state index contributed by atoms with van der Waals surface area (Å²) < 4.78 is 24.2. The maximum Gasteiger partial charge on any atom is 0.321 e. The van der Waals surface area contributed by atoms with Gasteiger partial charge in [0.25, 0.3) is 0 Å². The number of carboxylic acids is 1. The van der Waals surface area contributed by atoms with Crippen molar-refractivity contribution in [2.45, 2.75) is 19.9 Å². The number of carboxylic acid groups (broad SMARTS) is 1. The quantitative estimate of drug-likeness (QED) is 0.619. The Morgan fingerprint density at radius 2 is 2.08 bits per heavy atom. The van der Waals surface area contributed by atoms with Gasteiger partial charge in [0.2, 0.25) is 10.0 Å². The van der Waals surface area contributed by atoms with Crippen LogP contribution in [0.15, 0.2) is 12.2 Å². The van der Waals surface area contributed by atoms with Gasteiger partial charge in [0.1, 0.15) is 6.04 Å². The molecule has 0 saturated heterocycles. The summed E-state index contributed by atoms with van der Waals surface area (Å²) in [6.07, 6.45) is 0. The van der Waals surface area contributed by atoms with Crippen molar-refractivity contribution in [2.24, 2.45) is 0 Å². The van der Waals surface area contributed by atoms with E-state index in [-0.39, 0.29) is 5.75 Å². The lowest BCUT2D eigenvalue weighted by Gasteiger charge is -2.09. The van der Waals surface area contributed by atoms with E-state index >= 15 is 0 Å². The molecule has 13 heavy (non-hydrogen) atoms. The van der Waals surface area contributed by atoms with Gasteiger partial charge in [0, 0.05) is 0 Å². The van der Waals surface area contributed by atoms with Gasteiger partial charge in [-0.2, -0.15) is 0 Å². The molecular formula is C7H13NO4S. The van der Waals surface area contributed by atoms with E-state index in [1.165, 1.54) is 6.92 Å². The maximum absolute atomic E-state index is 11.1. The molecule has 2 N–H and O–H groups in total. The molecular weight excluding hydrogens is 194 g/mol. The zero-order valence-electron chi connectivity index (χ0n) is 7.57. The molecule has 0 rings (SSSR count). The summed E-state index contributed by atoms with van der Waals surface area (Å²) >= 11 is 0. The zero-order chi connectivity index (χ0) is 10.6. The van der Waals surface area contributed by atoms with Crippen LogP contribution in [0.2, 0.25) is 0 Å². The normalized spacial score (nSPS) is 13.7. The smallest absolute Gasteiger partial charge is 0.321 e. The summed E-state index contributed by atoms with van der Waals surface area (Å²) in [7, 11) is -3.56. The molecule has 76 valence electrons. The Labute approximate surface area is 77.5 Å². The van der Waals surface area contributed by atoms with Gasteiger partial charge in [0.15, 0.2) is 0 Å². The van der Waals surface area contributed by atoms with E-state index in [4.69, 9.17) is 5.11 Å². The van der Waals surface area contributed by atoms with Crippen LogP contribution in [0.1, 0.15) is 13.8 Å². The average molecular weight is 207 g/mol. The van der Waals surface area contributed by atoms with E-state index in [1.807, 2.05) is 4.72 Å². The SMILES string of the molecule is C=C(C)CS(=O)(=O)N[C@H](C)C(=O)O. The van der Waals surface area contributed by atoms with Crippen molar-refractivity contribution >= 4 is 16.0 Å². The summed E-state index contributed by atoms with van der Waals surface area (Å²) in [6.45, 7) is 6.25. The minimum Gasteiger partial charge on any atom is -0.480 e. The number of nitrogens with one attached hydrogen (secondary N) is 1. The fraction of sp³-hybridized carbons (Fsp3) is 0.571. The van der Waals surface area contributed by atoms with Crippen LogP contribution in [-0.2, 0) is 14.8 Å². The van der Waals surface area contributed by atoms with E-state index < -0.39 is 22.0 Å². The zero-order valence-corrected chi connectivity index (χ0v) is 8.39. The molecule has 5 nitrogen and oxygen atoms in total. The van der Waals surface area contributed by atoms with Crippen LogP contribution in [-0.4, -0.2) is 31.3 Å². The van der Waals surface area contributed by atoms with Gasteiger partial charge in [-0.15, -0.1) is 0 Å². The van der Waals surface area contributed by atoms with Crippen molar-refractivity contribution in [3.05, 3.63) is 12.2 Å². The highest BCUT2D eigenvalue weighted by atomic mass is 32.2. The molecule has 0 aliphatic rings. The second kappa shape index (κ2) is 4.38. The van der Waals surface area contributed by atoms with Crippen molar-refractivity contribution in [2.75, 3.05) is 5.75 Å². The molecule has 0 fully saturated rings. The molecule has 0 bridgehead atoms. The molecule has 0 heterocycles. The van der Waals surface area contributed by atoms with Gasteiger partial charge in [-0.1, -0.05) is 12.2 Å². The molecule has 0 aromatic rings. The van der Waals surface area contributed by atoms with Crippen LogP contribution in [0.3, 0.4) is 0 Å². The third kappa shape index (κ3) is 5.37. The Morgan fingerprint density at radius 3 is 2.38 bits per heavy atom. The second-order valence-corrected chi connectivity index (χ2v) is 4.65. The molecule has 0 aliphatic carbocycles. The standard InChI is InChI=1S/C7H13NO4S/c1-5(2)4-13(11,12)8-6(3)7(9)10/h6,8H,1,4H2,2-3H3,(H,9,10)/t6-/m1/s1. The molecule has 1 atom stereocenters. The van der Waals surface area contributed by atoms with Crippen molar-refractivity contribution in [1.29, 1.82) is 0 Å². The van der Waals surface area contributed by atoms with Gasteiger partial charge < -0.3 is 5.11 Å². The molecule has 0 aromatic carbocycles. The third-order valence-corrected chi connectivity index (χ3v) is 2.75. The Morgan fingerprint density at radius 1 is 1.62 bits per heavy atom. The average Bonchev–Trinajstić information content (AvgIpc) is 1.81. The summed E-state index contributed by atoms with van der Waals surface area (Å²) in [4.78, 5) is 10.3. The van der Waals surface area contributed by atoms with Crippen LogP contribution < -0.4 is 4.72 Å². The number of hydrogen-bond acceptors (Lipinski definition) is 3. The highest BCUT2D eigenvalue weighted by Gasteiger charge is 2.18. The summed E-state index contributed by atoms with van der Waals surface area (Å²) in [6, 6.07) is -1.11. The lowest BCUT2D eigenvalue weighted by atomic mass is 10.4. The lowest BCUT2D eigenvalue weighted by Crippen LogP contribution is -2.39. The van der Waals surface area contributed by atoms with E-state index in [1.54, 1.807) is 6.92 Å². The van der Waals surface area contributed by atoms with E-state index in [0.29, 0.717) is 5.57 Å². The first-order chi connectivity index (χ1) is 5.74. The highest BCUT2D eigenvalue weighted by molar-refractivity contribution is 7.89. The van der Waals surface area contributed by atoms with Crippen molar-refractivity contribution in [1.82, 2.24) is 4.72 Å². The predicted octanol–water partition coefficient (Wildman–Crippen LogP) is -0.0450. The van der Waals surface area contributed by atoms with Crippen LogP contribution >= 0.6 is 0 Å². The van der Waals surface area contributed by atoms with Crippen molar-refractivity contribution in [3.63, 3.8) is 0 Å². The Hall–Kier alpha value is -0.880. The number of carbonyl (C=O) groups is 1. The summed E-state index contributed by atoms with van der Waals surface area (Å²) in [5.74, 6) is -1.45. The van der Waals surface area contributed by atoms with Crippen LogP contribution in [0, 0.1) is 0 Å². The van der Waals surface area contributed by atoms with Gasteiger partial charge in [-0.25, -0.2) is 13.1 Å². The predicted molar refractivity (Wildman–Crippen MR) is 48.8 cm³/mol. The monoisotopic (exact) mass is 207 g/mol. The second-order valence-electron chi connectivity index (χ2n) is 2.89. The first kappa shape index (κ1) is 12.1. The molecule has 0 unspecified atom stereocenters. The molecule has 0 saturated carbocycles. The summed E-state index contributed by atoms with van der Waals surface area (Å²) in [5.41, 5.74) is 0.463. The van der Waals surface area contributed by atoms with Crippen molar-refractivity contribution in [3.8, 4) is 0 Å². The summed E-state index contributed by atoms with van der Waals surface area (Å²) in [5, 5.41) is 8.43. The Bertz CT molecular complexity index is 306. The molecule has 0 spiro atoms. The third-order valence-electron chi connectivity index (χ3n) is 1.16. The Kier molecular flexibility index (Phi) is 4.09. The lowest BCUT2D eigenvalue weighted by molar-refractivity contribution is -0.138. The maximum atomic E-state index is 11.1. The van der Waals surface area contributed by atoms with E-state index in [2.05, 4.69) is 6.58 Å². The van der Waals surface area contributed by atoms with Crippen LogP contribution in [0.4, 0.5) is 0 Å². The van der Waals surface area contributed by atoms with Gasteiger partial charge in [-0.3, -0.25) is 4.79 Å². The van der Waals surface area contributed by atoms with Gasteiger partial charge >= 0.3 is 5.97 Å². The molecule has 0 aliphatic heterocycles. The number of sulfonamides is 1. The molecule has 0 amide bonds. The largest absolute Gasteiger partial charge is 0.480 e. The molecule has 0 radical (unpaired) electrons. The fourth-order valence-corrected chi connectivity index (χ4v) is 2.06. The topological polar surface area (TPSA) is 83.5 Å². The first-order valence-corrected chi connectivity index (χ1v) is 5.27. The number of rotatable bonds is 5. The number of aliphatic carboxylic acids is 1. The van der Waals surface area contributed by atoms with E-state index in [0.717, 1.165) is 0 Å². The van der Waals surface area contributed by atoms with Crippen LogP contribution in [0.5, 0.6) is 0 Å².